The highest BCUT2D eigenvalue weighted by Crippen LogP contribution is 2.14. The molecule has 19 heavy (non-hydrogen) atoms. The van der Waals surface area contributed by atoms with Gasteiger partial charge in [-0.15, -0.1) is 0 Å². The predicted molar refractivity (Wildman–Crippen MR) is 83.8 cm³/mol. The number of carboxylic acid groups (broad SMARTS) is 1. The summed E-state index contributed by atoms with van der Waals surface area (Å²) in [6.07, 6.45) is 1.65. The SMILES string of the molecule is O=C(O)c1ccc(C=NNc2ccccc2)cc1I. The molecule has 0 saturated heterocycles. The number of carbonyl (C=O) groups is 1. The zero-order valence-corrected chi connectivity index (χ0v) is 12.0. The van der Waals surface area contributed by atoms with Gasteiger partial charge in [-0.1, -0.05) is 24.3 Å². The Morgan fingerprint density at radius 2 is 1.95 bits per heavy atom. The monoisotopic (exact) mass is 366 g/mol. The number of nitrogens with zero attached hydrogens (tertiary/aromatic N) is 1. The second-order valence-electron chi connectivity index (χ2n) is 3.78. The number of rotatable bonds is 4. The minimum absolute atomic E-state index is 0.300. The second-order valence-corrected chi connectivity index (χ2v) is 4.94. The Bertz CT molecular complexity index is 612. The fourth-order valence-corrected chi connectivity index (χ4v) is 2.25. The molecule has 4 nitrogen and oxygen atoms in total. The molecule has 5 heteroatoms. The number of halogens is 1. The van der Waals surface area contributed by atoms with Crippen molar-refractivity contribution in [3.05, 3.63) is 63.2 Å². The summed E-state index contributed by atoms with van der Waals surface area (Å²) >= 11 is 2.00. The van der Waals surface area contributed by atoms with Crippen LogP contribution in [-0.4, -0.2) is 17.3 Å². The Morgan fingerprint density at radius 3 is 2.58 bits per heavy atom. The summed E-state index contributed by atoms with van der Waals surface area (Å²) in [7, 11) is 0. The van der Waals surface area contributed by atoms with Crippen LogP contribution in [0.3, 0.4) is 0 Å². The fourth-order valence-electron chi connectivity index (χ4n) is 1.48. The molecule has 0 atom stereocenters. The molecule has 0 amide bonds. The topological polar surface area (TPSA) is 61.7 Å². The summed E-state index contributed by atoms with van der Waals surface area (Å²) in [5, 5.41) is 13.0. The van der Waals surface area contributed by atoms with Gasteiger partial charge in [0.25, 0.3) is 0 Å². The van der Waals surface area contributed by atoms with Crippen molar-refractivity contribution < 1.29 is 9.90 Å². The van der Waals surface area contributed by atoms with Crippen LogP contribution in [0.15, 0.2) is 53.6 Å². The maximum absolute atomic E-state index is 10.9. The van der Waals surface area contributed by atoms with E-state index in [0.717, 1.165) is 11.3 Å². The maximum atomic E-state index is 10.9. The molecule has 0 unspecified atom stereocenters. The number of carboxylic acids is 1. The van der Waals surface area contributed by atoms with Gasteiger partial charge in [-0.3, -0.25) is 5.43 Å². The minimum Gasteiger partial charge on any atom is -0.478 e. The van der Waals surface area contributed by atoms with Crippen LogP contribution in [0.2, 0.25) is 0 Å². The summed E-state index contributed by atoms with van der Waals surface area (Å²) in [6, 6.07) is 14.7. The van der Waals surface area contributed by atoms with E-state index in [1.54, 1.807) is 24.4 Å². The summed E-state index contributed by atoms with van der Waals surface area (Å²) in [6.45, 7) is 0. The molecule has 2 N–H and O–H groups in total. The Labute approximate surface area is 124 Å². The first-order chi connectivity index (χ1) is 9.16. The number of hydrogen-bond donors (Lipinski definition) is 2. The molecule has 0 saturated carbocycles. The first-order valence-electron chi connectivity index (χ1n) is 5.54. The Hall–Kier alpha value is -1.89. The predicted octanol–water partition coefficient (Wildman–Crippen LogP) is 3.44. The van der Waals surface area contributed by atoms with Crippen molar-refractivity contribution in [2.45, 2.75) is 0 Å². The molecule has 2 aromatic rings. The highest BCUT2D eigenvalue weighted by atomic mass is 127. The van der Waals surface area contributed by atoms with Crippen LogP contribution in [0.5, 0.6) is 0 Å². The molecule has 0 bridgehead atoms. The molecule has 0 aliphatic heterocycles. The first kappa shape index (κ1) is 13.5. The molecule has 2 aromatic carbocycles. The quantitative estimate of drug-likeness (QED) is 0.495. The van der Waals surface area contributed by atoms with E-state index in [0.29, 0.717) is 9.13 Å². The van der Waals surface area contributed by atoms with E-state index < -0.39 is 5.97 Å². The third kappa shape index (κ3) is 3.78. The van der Waals surface area contributed by atoms with Crippen LogP contribution in [0, 0.1) is 3.57 Å². The average Bonchev–Trinajstić information content (AvgIpc) is 2.39. The van der Waals surface area contributed by atoms with Crippen LogP contribution in [0.25, 0.3) is 0 Å². The van der Waals surface area contributed by atoms with Crippen molar-refractivity contribution >= 4 is 40.5 Å². The molecule has 0 aliphatic carbocycles. The molecule has 96 valence electrons. The van der Waals surface area contributed by atoms with Crippen molar-refractivity contribution in [1.82, 2.24) is 0 Å². The summed E-state index contributed by atoms with van der Waals surface area (Å²) in [4.78, 5) is 10.9. The van der Waals surface area contributed by atoms with Gasteiger partial charge in [0, 0.05) is 3.57 Å². The summed E-state index contributed by atoms with van der Waals surface area (Å²) in [5.74, 6) is -0.921. The standard InChI is InChI=1S/C14H11IN2O2/c15-13-8-10(6-7-12(13)14(18)19)9-16-17-11-4-2-1-3-5-11/h1-9,17H,(H,18,19). The third-order valence-electron chi connectivity index (χ3n) is 2.40. The van der Waals surface area contributed by atoms with Gasteiger partial charge in [-0.05, 0) is 52.4 Å². The van der Waals surface area contributed by atoms with Crippen LogP contribution in [0.1, 0.15) is 15.9 Å². The van der Waals surface area contributed by atoms with Gasteiger partial charge in [0.1, 0.15) is 0 Å². The van der Waals surface area contributed by atoms with Crippen molar-refractivity contribution in [3.63, 3.8) is 0 Å². The lowest BCUT2D eigenvalue weighted by atomic mass is 10.1. The van der Waals surface area contributed by atoms with Gasteiger partial charge >= 0.3 is 5.97 Å². The van der Waals surface area contributed by atoms with Gasteiger partial charge in [-0.2, -0.15) is 5.10 Å². The minimum atomic E-state index is -0.921. The van der Waals surface area contributed by atoms with E-state index in [-0.39, 0.29) is 0 Å². The molecule has 0 aromatic heterocycles. The number of aromatic carboxylic acids is 1. The van der Waals surface area contributed by atoms with Crippen molar-refractivity contribution in [3.8, 4) is 0 Å². The Morgan fingerprint density at radius 1 is 1.21 bits per heavy atom. The first-order valence-corrected chi connectivity index (χ1v) is 6.61. The summed E-state index contributed by atoms with van der Waals surface area (Å²) in [5.41, 5.74) is 4.94. The third-order valence-corrected chi connectivity index (χ3v) is 3.30. The number of hydrazone groups is 1. The van der Waals surface area contributed by atoms with Crippen LogP contribution in [0.4, 0.5) is 5.69 Å². The highest BCUT2D eigenvalue weighted by Gasteiger charge is 2.07. The molecule has 0 heterocycles. The normalized spacial score (nSPS) is 10.6. The number of para-hydroxylation sites is 1. The van der Waals surface area contributed by atoms with Crippen molar-refractivity contribution in [2.75, 3.05) is 5.43 Å². The molecule has 0 fully saturated rings. The van der Waals surface area contributed by atoms with Crippen molar-refractivity contribution in [2.24, 2.45) is 5.10 Å². The van der Waals surface area contributed by atoms with Gasteiger partial charge in [0.15, 0.2) is 0 Å². The summed E-state index contributed by atoms with van der Waals surface area (Å²) < 4.78 is 0.689. The van der Waals surface area contributed by atoms with Crippen LogP contribution in [-0.2, 0) is 0 Å². The largest absolute Gasteiger partial charge is 0.478 e. The number of hydrogen-bond acceptors (Lipinski definition) is 3. The number of nitrogens with one attached hydrogen (secondary N) is 1. The highest BCUT2D eigenvalue weighted by molar-refractivity contribution is 14.1. The smallest absolute Gasteiger partial charge is 0.336 e. The maximum Gasteiger partial charge on any atom is 0.336 e. The molecule has 0 spiro atoms. The van der Waals surface area contributed by atoms with Gasteiger partial charge < -0.3 is 5.11 Å². The van der Waals surface area contributed by atoms with Gasteiger partial charge in [-0.25, -0.2) is 4.79 Å². The lowest BCUT2D eigenvalue weighted by molar-refractivity contribution is 0.0695. The molecule has 2 rings (SSSR count). The van der Waals surface area contributed by atoms with E-state index in [2.05, 4.69) is 10.5 Å². The number of benzene rings is 2. The lowest BCUT2D eigenvalue weighted by Crippen LogP contribution is -2.00. The zero-order valence-electron chi connectivity index (χ0n) is 9.88. The van der Waals surface area contributed by atoms with Gasteiger partial charge in [0.05, 0.1) is 17.5 Å². The molecule has 0 aliphatic rings. The van der Waals surface area contributed by atoms with Crippen molar-refractivity contribution in [1.29, 1.82) is 0 Å². The average molecular weight is 366 g/mol. The van der Waals surface area contributed by atoms with Gasteiger partial charge in [0.2, 0.25) is 0 Å². The molecular weight excluding hydrogens is 355 g/mol. The molecular formula is C14H11IN2O2. The van der Waals surface area contributed by atoms with E-state index in [1.807, 2.05) is 52.9 Å². The molecule has 0 radical (unpaired) electrons. The second kappa shape index (κ2) is 6.33. The fraction of sp³-hybridized carbons (Fsp3) is 0. The van der Waals surface area contributed by atoms with E-state index in [9.17, 15) is 4.79 Å². The van der Waals surface area contributed by atoms with Crippen LogP contribution >= 0.6 is 22.6 Å². The van der Waals surface area contributed by atoms with Crippen LogP contribution < -0.4 is 5.43 Å². The van der Waals surface area contributed by atoms with E-state index in [4.69, 9.17) is 5.11 Å². The zero-order chi connectivity index (χ0) is 13.7. The lowest BCUT2D eigenvalue weighted by Gasteiger charge is -2.01. The van der Waals surface area contributed by atoms with E-state index in [1.165, 1.54) is 0 Å². The Kier molecular flexibility index (Phi) is 4.51. The van der Waals surface area contributed by atoms with E-state index >= 15 is 0 Å². The number of anilines is 1. The Balaban J connectivity index is 2.07.